The van der Waals surface area contributed by atoms with Gasteiger partial charge in [0.25, 0.3) is 0 Å². The van der Waals surface area contributed by atoms with Gasteiger partial charge in [0.1, 0.15) is 0 Å². The van der Waals surface area contributed by atoms with Crippen LogP contribution >= 0.6 is 0 Å². The van der Waals surface area contributed by atoms with Gasteiger partial charge in [0.05, 0.1) is 29.5 Å². The quantitative estimate of drug-likeness (QED) is 0.752. The predicted molar refractivity (Wildman–Crippen MR) is 106 cm³/mol. The van der Waals surface area contributed by atoms with E-state index in [1.165, 1.54) is 0 Å². The molecule has 1 heterocycles. The Bertz CT molecular complexity index is 782. The van der Waals surface area contributed by atoms with Gasteiger partial charge in [-0.15, -0.1) is 0 Å². The molecule has 1 fully saturated rings. The number of morpholine rings is 1. The Labute approximate surface area is 155 Å². The fourth-order valence-electron chi connectivity index (χ4n) is 3.42. The summed E-state index contributed by atoms with van der Waals surface area (Å²) in [6.07, 6.45) is 3.52. The number of rotatable bonds is 5. The smallest absolute Gasteiger partial charge is 0.0991 e. The fourth-order valence-corrected chi connectivity index (χ4v) is 3.42. The molecule has 1 aliphatic rings. The molecular weight excluding hydrogens is 322 g/mol. The van der Waals surface area contributed by atoms with E-state index >= 15 is 0 Å². The lowest BCUT2D eigenvalue weighted by Crippen LogP contribution is -2.45. The lowest BCUT2D eigenvalue weighted by Gasteiger charge is -2.35. The zero-order valence-electron chi connectivity index (χ0n) is 15.4. The molecule has 0 amide bonds. The van der Waals surface area contributed by atoms with E-state index in [9.17, 15) is 0 Å². The Morgan fingerprint density at radius 3 is 2.50 bits per heavy atom. The summed E-state index contributed by atoms with van der Waals surface area (Å²) in [5, 5.41) is 8.95. The SMILES string of the molecule is C[C@@H]1CN(CCC=Nc2ccccc2-c2ccc(C#N)cc2)C[C@H](C)O1. The number of aliphatic imine (C=N–C) groups is 1. The number of ether oxygens (including phenoxy) is 1. The minimum absolute atomic E-state index is 0.299. The highest BCUT2D eigenvalue weighted by molar-refractivity contribution is 5.79. The molecule has 3 rings (SSSR count). The fraction of sp³-hybridized carbons (Fsp3) is 0.364. The highest BCUT2D eigenvalue weighted by Gasteiger charge is 2.21. The number of benzene rings is 2. The minimum Gasteiger partial charge on any atom is -0.373 e. The second kappa shape index (κ2) is 8.75. The molecule has 2 aromatic rings. The second-order valence-electron chi connectivity index (χ2n) is 6.82. The molecular formula is C22H25N3O. The summed E-state index contributed by atoms with van der Waals surface area (Å²) in [6.45, 7) is 7.23. The average molecular weight is 347 g/mol. The highest BCUT2D eigenvalue weighted by atomic mass is 16.5. The lowest BCUT2D eigenvalue weighted by atomic mass is 10.0. The second-order valence-corrected chi connectivity index (χ2v) is 6.82. The van der Waals surface area contributed by atoms with E-state index in [1.807, 2.05) is 48.7 Å². The number of hydrogen-bond acceptors (Lipinski definition) is 4. The molecule has 0 unspecified atom stereocenters. The first-order valence-corrected chi connectivity index (χ1v) is 9.15. The molecule has 1 aliphatic heterocycles. The van der Waals surface area contributed by atoms with Gasteiger partial charge >= 0.3 is 0 Å². The third kappa shape index (κ3) is 4.78. The Morgan fingerprint density at radius 1 is 1.12 bits per heavy atom. The number of nitriles is 1. The van der Waals surface area contributed by atoms with Crippen molar-refractivity contribution in [1.82, 2.24) is 4.90 Å². The van der Waals surface area contributed by atoms with E-state index < -0.39 is 0 Å². The van der Waals surface area contributed by atoms with Crippen LogP contribution in [-0.2, 0) is 4.74 Å². The zero-order valence-corrected chi connectivity index (χ0v) is 15.4. The van der Waals surface area contributed by atoms with Crippen LogP contribution in [0.2, 0.25) is 0 Å². The standard InChI is InChI=1S/C22H25N3O/c1-17-15-25(16-18(2)26-17)13-5-12-24-22-7-4-3-6-21(22)20-10-8-19(14-23)9-11-20/h3-4,6-12,17-18H,5,13,15-16H2,1-2H3/t17-,18+. The molecule has 4 nitrogen and oxygen atoms in total. The summed E-state index contributed by atoms with van der Waals surface area (Å²) in [5.41, 5.74) is 3.79. The molecule has 26 heavy (non-hydrogen) atoms. The molecule has 0 bridgehead atoms. The van der Waals surface area contributed by atoms with Crippen molar-refractivity contribution in [3.63, 3.8) is 0 Å². The summed E-state index contributed by atoms with van der Waals surface area (Å²) in [6, 6.07) is 17.9. The van der Waals surface area contributed by atoms with Gasteiger partial charge in [0.2, 0.25) is 0 Å². The van der Waals surface area contributed by atoms with Gasteiger partial charge in [-0.25, -0.2) is 0 Å². The van der Waals surface area contributed by atoms with Crippen molar-refractivity contribution in [2.45, 2.75) is 32.5 Å². The average Bonchev–Trinajstić information content (AvgIpc) is 2.65. The van der Waals surface area contributed by atoms with Gasteiger partial charge in [-0.1, -0.05) is 30.3 Å². The summed E-state index contributed by atoms with van der Waals surface area (Å²) in [5.74, 6) is 0. The third-order valence-corrected chi connectivity index (χ3v) is 4.53. The molecule has 1 saturated heterocycles. The maximum Gasteiger partial charge on any atom is 0.0991 e. The highest BCUT2D eigenvalue weighted by Crippen LogP contribution is 2.30. The van der Waals surface area contributed by atoms with Gasteiger partial charge in [-0.2, -0.15) is 5.26 Å². The maximum atomic E-state index is 8.95. The van der Waals surface area contributed by atoms with Gasteiger partial charge < -0.3 is 4.74 Å². The van der Waals surface area contributed by atoms with Crippen LogP contribution in [0.15, 0.2) is 53.5 Å². The Balaban J connectivity index is 1.64. The van der Waals surface area contributed by atoms with Crippen molar-refractivity contribution in [2.75, 3.05) is 19.6 Å². The van der Waals surface area contributed by atoms with Gasteiger partial charge in [-0.3, -0.25) is 9.89 Å². The predicted octanol–water partition coefficient (Wildman–Crippen LogP) is 4.43. The molecule has 134 valence electrons. The van der Waals surface area contributed by atoms with E-state index in [2.05, 4.69) is 30.9 Å². The first kappa shape index (κ1) is 18.3. The molecule has 2 aromatic carbocycles. The van der Waals surface area contributed by atoms with E-state index in [4.69, 9.17) is 15.0 Å². The van der Waals surface area contributed by atoms with Crippen LogP contribution in [0.1, 0.15) is 25.8 Å². The lowest BCUT2D eigenvalue weighted by molar-refractivity contribution is -0.0670. The molecule has 0 saturated carbocycles. The normalized spacial score (nSPS) is 21.0. The van der Waals surface area contributed by atoms with Crippen LogP contribution in [0.25, 0.3) is 11.1 Å². The van der Waals surface area contributed by atoms with E-state index in [0.717, 1.165) is 42.9 Å². The van der Waals surface area contributed by atoms with Crippen LogP contribution in [0.3, 0.4) is 0 Å². The summed E-state index contributed by atoms with van der Waals surface area (Å²) < 4.78 is 5.78. The van der Waals surface area contributed by atoms with Gasteiger partial charge in [-0.05, 0) is 44.0 Å². The number of nitrogens with zero attached hydrogens (tertiary/aromatic N) is 3. The van der Waals surface area contributed by atoms with Gasteiger partial charge in [0.15, 0.2) is 0 Å². The first-order chi connectivity index (χ1) is 12.7. The Hall–Kier alpha value is -2.48. The van der Waals surface area contributed by atoms with Crippen molar-refractivity contribution in [1.29, 1.82) is 5.26 Å². The van der Waals surface area contributed by atoms with Crippen LogP contribution in [0, 0.1) is 11.3 Å². The molecule has 0 aliphatic carbocycles. The number of para-hydroxylation sites is 1. The zero-order chi connectivity index (χ0) is 18.4. The third-order valence-electron chi connectivity index (χ3n) is 4.53. The van der Waals surface area contributed by atoms with Crippen molar-refractivity contribution in [2.24, 2.45) is 4.99 Å². The topological polar surface area (TPSA) is 48.6 Å². The molecule has 2 atom stereocenters. The van der Waals surface area contributed by atoms with Crippen molar-refractivity contribution in [3.8, 4) is 17.2 Å². The number of hydrogen-bond donors (Lipinski definition) is 0. The Morgan fingerprint density at radius 2 is 1.81 bits per heavy atom. The molecule has 4 heteroatoms. The summed E-state index contributed by atoms with van der Waals surface area (Å²) in [4.78, 5) is 7.14. The van der Waals surface area contributed by atoms with E-state index in [-0.39, 0.29) is 0 Å². The van der Waals surface area contributed by atoms with Crippen molar-refractivity contribution in [3.05, 3.63) is 54.1 Å². The minimum atomic E-state index is 0.299. The molecule has 0 spiro atoms. The Kier molecular flexibility index (Phi) is 6.17. The molecule has 0 N–H and O–H groups in total. The molecule has 0 radical (unpaired) electrons. The first-order valence-electron chi connectivity index (χ1n) is 9.15. The van der Waals surface area contributed by atoms with Crippen LogP contribution < -0.4 is 0 Å². The van der Waals surface area contributed by atoms with Crippen LogP contribution in [-0.4, -0.2) is 43.0 Å². The maximum absolute atomic E-state index is 8.95. The van der Waals surface area contributed by atoms with Crippen molar-refractivity contribution >= 4 is 11.9 Å². The van der Waals surface area contributed by atoms with Crippen molar-refractivity contribution < 1.29 is 4.74 Å². The van der Waals surface area contributed by atoms with E-state index in [0.29, 0.717) is 17.8 Å². The monoisotopic (exact) mass is 347 g/mol. The van der Waals surface area contributed by atoms with Crippen LogP contribution in [0.4, 0.5) is 5.69 Å². The van der Waals surface area contributed by atoms with E-state index in [1.54, 1.807) is 0 Å². The summed E-state index contributed by atoms with van der Waals surface area (Å²) in [7, 11) is 0. The molecule has 0 aromatic heterocycles. The largest absolute Gasteiger partial charge is 0.373 e. The van der Waals surface area contributed by atoms with Crippen LogP contribution in [0.5, 0.6) is 0 Å². The van der Waals surface area contributed by atoms with Gasteiger partial charge in [0, 0.05) is 31.4 Å². The summed E-state index contributed by atoms with van der Waals surface area (Å²) >= 11 is 0.